The molecule has 0 saturated carbocycles. The molecule has 6 heteroatoms. The third-order valence-corrected chi connectivity index (χ3v) is 4.90. The van der Waals surface area contributed by atoms with Gasteiger partial charge in [0.25, 0.3) is 0 Å². The molecule has 1 aromatic rings. The summed E-state index contributed by atoms with van der Waals surface area (Å²) in [5.41, 5.74) is 0. The Kier molecular flexibility index (Phi) is 6.45. The Labute approximate surface area is 131 Å². The van der Waals surface area contributed by atoms with E-state index in [1.54, 1.807) is 11.3 Å². The Morgan fingerprint density at radius 1 is 1.43 bits per heavy atom. The van der Waals surface area contributed by atoms with Crippen molar-refractivity contribution in [2.75, 3.05) is 33.7 Å². The van der Waals surface area contributed by atoms with Crippen molar-refractivity contribution >= 4 is 17.3 Å². The molecule has 2 N–H and O–H groups in total. The zero-order valence-electron chi connectivity index (χ0n) is 13.4. The van der Waals surface area contributed by atoms with Gasteiger partial charge in [-0.2, -0.15) is 0 Å². The topological polar surface area (TPSA) is 52.6 Å². The summed E-state index contributed by atoms with van der Waals surface area (Å²) in [7, 11) is 4.03. The average Bonchev–Trinajstić information content (AvgIpc) is 2.90. The van der Waals surface area contributed by atoms with Crippen LogP contribution >= 0.6 is 11.3 Å². The highest BCUT2D eigenvalue weighted by atomic mass is 32.1. The van der Waals surface area contributed by atoms with Gasteiger partial charge in [0.05, 0.1) is 6.54 Å². The van der Waals surface area contributed by atoms with Crippen molar-refractivity contribution in [1.29, 1.82) is 0 Å². The Morgan fingerprint density at radius 2 is 2.19 bits per heavy atom. The van der Waals surface area contributed by atoms with Gasteiger partial charge < -0.3 is 15.5 Å². The standard InChI is InChI=1S/C15H27N5S/c1-12-10-18-14(21-12)11-19-15(16-2)17-7-4-13-5-8-20(3)9-6-13/h10,13H,4-9,11H2,1-3H3,(H2,16,17,19). The first kappa shape index (κ1) is 16.2. The van der Waals surface area contributed by atoms with Crippen molar-refractivity contribution in [3.8, 4) is 0 Å². The minimum absolute atomic E-state index is 0.742. The van der Waals surface area contributed by atoms with Crippen molar-refractivity contribution in [2.24, 2.45) is 10.9 Å². The van der Waals surface area contributed by atoms with Crippen molar-refractivity contribution in [3.63, 3.8) is 0 Å². The predicted octanol–water partition coefficient (Wildman–Crippen LogP) is 1.85. The minimum Gasteiger partial charge on any atom is -0.356 e. The highest BCUT2D eigenvalue weighted by molar-refractivity contribution is 7.11. The maximum absolute atomic E-state index is 4.35. The van der Waals surface area contributed by atoms with Crippen LogP contribution < -0.4 is 10.6 Å². The van der Waals surface area contributed by atoms with Crippen LogP contribution in [0.4, 0.5) is 0 Å². The Balaban J connectivity index is 1.63. The largest absolute Gasteiger partial charge is 0.356 e. The van der Waals surface area contributed by atoms with Gasteiger partial charge in [0.15, 0.2) is 5.96 Å². The van der Waals surface area contributed by atoms with Gasteiger partial charge in [-0.1, -0.05) is 0 Å². The van der Waals surface area contributed by atoms with E-state index in [-0.39, 0.29) is 0 Å². The van der Waals surface area contributed by atoms with Crippen LogP contribution in [0, 0.1) is 12.8 Å². The zero-order valence-corrected chi connectivity index (χ0v) is 14.2. The molecule has 1 aliphatic rings. The van der Waals surface area contributed by atoms with Gasteiger partial charge in [0.1, 0.15) is 5.01 Å². The van der Waals surface area contributed by atoms with E-state index < -0.39 is 0 Å². The molecule has 0 unspecified atom stereocenters. The number of guanidine groups is 1. The number of aromatic nitrogens is 1. The molecule has 0 radical (unpaired) electrons. The third-order valence-electron chi connectivity index (χ3n) is 3.98. The number of hydrogen-bond acceptors (Lipinski definition) is 4. The van der Waals surface area contributed by atoms with Gasteiger partial charge >= 0.3 is 0 Å². The van der Waals surface area contributed by atoms with Gasteiger partial charge in [-0.15, -0.1) is 11.3 Å². The molecule has 0 aliphatic carbocycles. The molecule has 1 saturated heterocycles. The molecule has 5 nitrogen and oxygen atoms in total. The Bertz CT molecular complexity index is 449. The minimum atomic E-state index is 0.742. The monoisotopic (exact) mass is 309 g/mol. The van der Waals surface area contributed by atoms with Crippen LogP contribution in [0.25, 0.3) is 0 Å². The molecular formula is C15H27N5S. The SMILES string of the molecule is CN=C(NCCC1CCN(C)CC1)NCc1ncc(C)s1. The summed E-state index contributed by atoms with van der Waals surface area (Å²) in [6.07, 6.45) is 5.79. The van der Waals surface area contributed by atoms with Gasteiger partial charge in [-0.3, -0.25) is 4.99 Å². The van der Waals surface area contributed by atoms with E-state index in [1.165, 1.54) is 37.2 Å². The van der Waals surface area contributed by atoms with Crippen LogP contribution in [0.15, 0.2) is 11.2 Å². The number of nitrogens with zero attached hydrogens (tertiary/aromatic N) is 3. The Morgan fingerprint density at radius 3 is 2.81 bits per heavy atom. The van der Waals surface area contributed by atoms with Gasteiger partial charge in [0, 0.05) is 24.7 Å². The highest BCUT2D eigenvalue weighted by Crippen LogP contribution is 2.18. The van der Waals surface area contributed by atoms with E-state index >= 15 is 0 Å². The van der Waals surface area contributed by atoms with Crippen LogP contribution in [0.1, 0.15) is 29.1 Å². The number of thiazole rings is 1. The summed E-state index contributed by atoms with van der Waals surface area (Å²) >= 11 is 1.73. The van der Waals surface area contributed by atoms with Gasteiger partial charge in [0.2, 0.25) is 0 Å². The number of hydrogen-bond donors (Lipinski definition) is 2. The quantitative estimate of drug-likeness (QED) is 0.644. The molecular weight excluding hydrogens is 282 g/mol. The molecule has 1 fully saturated rings. The summed E-state index contributed by atoms with van der Waals surface area (Å²) in [5, 5.41) is 7.83. The van der Waals surface area contributed by atoms with Crippen LogP contribution in [-0.4, -0.2) is 49.6 Å². The van der Waals surface area contributed by atoms with Gasteiger partial charge in [-0.05, 0) is 52.2 Å². The number of piperidine rings is 1. The lowest BCUT2D eigenvalue weighted by molar-refractivity contribution is 0.213. The zero-order chi connectivity index (χ0) is 15.1. The maximum atomic E-state index is 4.35. The summed E-state index contributed by atoms with van der Waals surface area (Å²) in [4.78, 5) is 12.3. The molecule has 21 heavy (non-hydrogen) atoms. The first-order valence-corrected chi connectivity index (χ1v) is 8.53. The molecule has 0 amide bonds. The normalized spacial score (nSPS) is 18.0. The molecule has 0 aromatic carbocycles. The molecule has 118 valence electrons. The fourth-order valence-corrected chi connectivity index (χ4v) is 3.34. The average molecular weight is 309 g/mol. The molecule has 0 bridgehead atoms. The Hall–Kier alpha value is -1.14. The molecule has 0 spiro atoms. The molecule has 2 rings (SSSR count). The van der Waals surface area contributed by atoms with Crippen molar-refractivity contribution in [1.82, 2.24) is 20.5 Å². The van der Waals surface area contributed by atoms with E-state index in [9.17, 15) is 0 Å². The van der Waals surface area contributed by atoms with E-state index in [0.29, 0.717) is 0 Å². The molecule has 1 aromatic heterocycles. The number of aryl methyl sites for hydroxylation is 1. The first-order valence-electron chi connectivity index (χ1n) is 7.71. The summed E-state index contributed by atoms with van der Waals surface area (Å²) in [6, 6.07) is 0. The van der Waals surface area contributed by atoms with Crippen molar-refractivity contribution < 1.29 is 0 Å². The second kappa shape index (κ2) is 8.34. The van der Waals surface area contributed by atoms with E-state index in [2.05, 4.69) is 39.5 Å². The number of likely N-dealkylation sites (tertiary alicyclic amines) is 1. The fraction of sp³-hybridized carbons (Fsp3) is 0.733. The lowest BCUT2D eigenvalue weighted by atomic mass is 9.94. The fourth-order valence-electron chi connectivity index (χ4n) is 2.61. The maximum Gasteiger partial charge on any atom is 0.191 e. The number of rotatable bonds is 5. The van der Waals surface area contributed by atoms with Crippen LogP contribution in [0.2, 0.25) is 0 Å². The summed E-state index contributed by atoms with van der Waals surface area (Å²) in [5.74, 6) is 1.73. The summed E-state index contributed by atoms with van der Waals surface area (Å²) in [6.45, 7) is 6.29. The highest BCUT2D eigenvalue weighted by Gasteiger charge is 2.16. The second-order valence-electron chi connectivity index (χ2n) is 5.75. The lowest BCUT2D eigenvalue weighted by Crippen LogP contribution is -2.38. The van der Waals surface area contributed by atoms with Gasteiger partial charge in [-0.25, -0.2) is 4.98 Å². The summed E-state index contributed by atoms with van der Waals surface area (Å²) < 4.78 is 0. The molecule has 2 heterocycles. The van der Waals surface area contributed by atoms with Crippen LogP contribution in [-0.2, 0) is 6.54 Å². The predicted molar refractivity (Wildman–Crippen MR) is 89.9 cm³/mol. The second-order valence-corrected chi connectivity index (χ2v) is 7.07. The third kappa shape index (κ3) is 5.63. The van der Waals surface area contributed by atoms with Crippen molar-refractivity contribution in [3.05, 3.63) is 16.1 Å². The number of aliphatic imine (C=N–C) groups is 1. The first-order chi connectivity index (χ1) is 10.2. The van der Waals surface area contributed by atoms with Crippen LogP contribution in [0.5, 0.6) is 0 Å². The number of nitrogens with one attached hydrogen (secondary N) is 2. The van der Waals surface area contributed by atoms with Crippen LogP contribution in [0.3, 0.4) is 0 Å². The van der Waals surface area contributed by atoms with E-state index in [0.717, 1.165) is 30.0 Å². The lowest BCUT2D eigenvalue weighted by Gasteiger charge is -2.29. The van der Waals surface area contributed by atoms with E-state index in [1.807, 2.05) is 13.2 Å². The molecule has 1 aliphatic heterocycles. The van der Waals surface area contributed by atoms with Crippen molar-refractivity contribution in [2.45, 2.75) is 32.7 Å². The molecule has 0 atom stereocenters. The van der Waals surface area contributed by atoms with E-state index in [4.69, 9.17) is 0 Å². The smallest absolute Gasteiger partial charge is 0.191 e.